The van der Waals surface area contributed by atoms with Crippen molar-refractivity contribution in [2.45, 2.75) is 0 Å². The lowest BCUT2D eigenvalue weighted by molar-refractivity contribution is -0.116. The van der Waals surface area contributed by atoms with Crippen molar-refractivity contribution in [1.82, 2.24) is 8.61 Å². The van der Waals surface area contributed by atoms with Crippen LogP contribution in [-0.2, 0) is 19.7 Å². The van der Waals surface area contributed by atoms with E-state index >= 15 is 0 Å². The number of para-hydroxylation sites is 1. The van der Waals surface area contributed by atoms with Crippen LogP contribution in [0.1, 0.15) is 10.4 Å². The summed E-state index contributed by atoms with van der Waals surface area (Å²) in [6.45, 7) is 0.663. The molecule has 0 unspecified atom stereocenters. The summed E-state index contributed by atoms with van der Waals surface area (Å²) in [5.41, 5.74) is 0.0525. The summed E-state index contributed by atoms with van der Waals surface area (Å²) >= 11 is 0. The number of amides is 1. The van der Waals surface area contributed by atoms with Crippen LogP contribution in [0, 0.1) is 0 Å². The summed E-state index contributed by atoms with van der Waals surface area (Å²) in [6, 6.07) is 5.91. The predicted molar refractivity (Wildman–Crippen MR) is 86.0 cm³/mol. The van der Waals surface area contributed by atoms with Crippen molar-refractivity contribution in [3.8, 4) is 0 Å². The van der Waals surface area contributed by atoms with E-state index in [0.29, 0.717) is 13.2 Å². The van der Waals surface area contributed by atoms with Gasteiger partial charge in [-0.05, 0) is 12.1 Å². The number of nitrogens with zero attached hydrogens (tertiary/aromatic N) is 2. The maximum atomic E-state index is 12.4. The number of hydrogen-bond acceptors (Lipinski definition) is 5. The first-order chi connectivity index (χ1) is 11.3. The summed E-state index contributed by atoms with van der Waals surface area (Å²) in [6.07, 6.45) is 0. The second kappa shape index (κ2) is 7.71. The molecule has 2 rings (SSSR count). The second-order valence-corrected chi connectivity index (χ2v) is 7.21. The fourth-order valence-corrected chi connectivity index (χ4v) is 3.51. The van der Waals surface area contributed by atoms with Gasteiger partial charge in [0.25, 0.3) is 10.2 Å². The third-order valence-electron chi connectivity index (χ3n) is 3.49. The van der Waals surface area contributed by atoms with Gasteiger partial charge in [-0.3, -0.25) is 4.79 Å². The summed E-state index contributed by atoms with van der Waals surface area (Å²) < 4.78 is 32.0. The molecule has 1 aliphatic heterocycles. The van der Waals surface area contributed by atoms with Gasteiger partial charge in [0.2, 0.25) is 5.91 Å². The Morgan fingerprint density at radius 3 is 2.54 bits per heavy atom. The number of rotatable bonds is 6. The Bertz CT molecular complexity index is 715. The molecule has 0 radical (unpaired) electrons. The molecule has 9 nitrogen and oxygen atoms in total. The zero-order valence-corrected chi connectivity index (χ0v) is 14.0. The number of carboxylic acids is 1. The van der Waals surface area contributed by atoms with Crippen LogP contribution < -0.4 is 5.32 Å². The smallest absolute Gasteiger partial charge is 0.337 e. The quantitative estimate of drug-likeness (QED) is 0.730. The van der Waals surface area contributed by atoms with Crippen LogP contribution in [0.15, 0.2) is 24.3 Å². The van der Waals surface area contributed by atoms with Gasteiger partial charge < -0.3 is 15.2 Å². The highest BCUT2D eigenvalue weighted by Crippen LogP contribution is 2.15. The molecule has 0 spiro atoms. The van der Waals surface area contributed by atoms with E-state index < -0.39 is 28.6 Å². The van der Waals surface area contributed by atoms with E-state index in [1.807, 2.05) is 0 Å². The number of benzene rings is 1. The minimum Gasteiger partial charge on any atom is -0.478 e. The molecule has 1 aromatic carbocycles. The minimum absolute atomic E-state index is 0.0652. The van der Waals surface area contributed by atoms with Gasteiger partial charge in [-0.25, -0.2) is 4.79 Å². The van der Waals surface area contributed by atoms with Gasteiger partial charge in [-0.1, -0.05) is 12.1 Å². The molecule has 0 aliphatic carbocycles. The number of aromatic carboxylic acids is 1. The second-order valence-electron chi connectivity index (χ2n) is 5.17. The van der Waals surface area contributed by atoms with Crippen molar-refractivity contribution in [2.24, 2.45) is 0 Å². The molecule has 0 saturated carbocycles. The Kier molecular flexibility index (Phi) is 5.89. The van der Waals surface area contributed by atoms with Gasteiger partial charge in [0.1, 0.15) is 0 Å². The molecule has 1 heterocycles. The monoisotopic (exact) mass is 357 g/mol. The number of anilines is 1. The average Bonchev–Trinajstić information content (AvgIpc) is 2.55. The SMILES string of the molecule is CN(CC(=O)Nc1ccccc1C(=O)O)S(=O)(=O)N1CCOCC1. The van der Waals surface area contributed by atoms with Crippen molar-refractivity contribution < 1.29 is 27.9 Å². The number of carbonyl (C=O) groups excluding carboxylic acids is 1. The molecule has 0 atom stereocenters. The molecule has 2 N–H and O–H groups in total. The van der Waals surface area contributed by atoms with E-state index in [2.05, 4.69) is 5.32 Å². The van der Waals surface area contributed by atoms with Crippen molar-refractivity contribution in [1.29, 1.82) is 0 Å². The van der Waals surface area contributed by atoms with Gasteiger partial charge >= 0.3 is 5.97 Å². The summed E-state index contributed by atoms with van der Waals surface area (Å²) in [5, 5.41) is 11.5. The Morgan fingerprint density at radius 1 is 1.29 bits per heavy atom. The number of nitrogens with one attached hydrogen (secondary N) is 1. The number of carboxylic acid groups (broad SMARTS) is 1. The lowest BCUT2D eigenvalue weighted by Gasteiger charge is -2.29. The Hall–Kier alpha value is -2.01. The van der Waals surface area contributed by atoms with Crippen molar-refractivity contribution >= 4 is 27.8 Å². The van der Waals surface area contributed by atoms with Crippen molar-refractivity contribution in [3.05, 3.63) is 29.8 Å². The number of carbonyl (C=O) groups is 2. The Balaban J connectivity index is 2.03. The Labute approximate surface area is 140 Å². The van der Waals surface area contributed by atoms with Gasteiger partial charge in [-0.15, -0.1) is 0 Å². The number of morpholine rings is 1. The maximum Gasteiger partial charge on any atom is 0.337 e. The molecule has 0 bridgehead atoms. The summed E-state index contributed by atoms with van der Waals surface area (Å²) in [7, 11) is -2.47. The van der Waals surface area contributed by atoms with Crippen molar-refractivity contribution in [3.63, 3.8) is 0 Å². The lowest BCUT2D eigenvalue weighted by atomic mass is 10.2. The topological polar surface area (TPSA) is 116 Å². The van der Waals surface area contributed by atoms with E-state index in [9.17, 15) is 18.0 Å². The van der Waals surface area contributed by atoms with Crippen LogP contribution in [0.4, 0.5) is 5.69 Å². The first kappa shape index (κ1) is 18.3. The highest BCUT2D eigenvalue weighted by atomic mass is 32.2. The summed E-state index contributed by atoms with van der Waals surface area (Å²) in [4.78, 5) is 23.2. The first-order valence-electron chi connectivity index (χ1n) is 7.23. The molecule has 0 aromatic heterocycles. The van der Waals surface area contributed by atoms with Gasteiger partial charge in [0.15, 0.2) is 0 Å². The molecular formula is C14H19N3O6S. The van der Waals surface area contributed by atoms with E-state index in [-0.39, 0.29) is 24.3 Å². The molecule has 10 heteroatoms. The molecular weight excluding hydrogens is 338 g/mol. The fourth-order valence-electron chi connectivity index (χ4n) is 2.23. The van der Waals surface area contributed by atoms with Crippen LogP contribution in [0.25, 0.3) is 0 Å². The fraction of sp³-hybridized carbons (Fsp3) is 0.429. The highest BCUT2D eigenvalue weighted by Gasteiger charge is 2.29. The third kappa shape index (κ3) is 4.29. The number of likely N-dealkylation sites (N-methyl/N-ethyl adjacent to an activating group) is 1. The van der Waals surface area contributed by atoms with Crippen LogP contribution in [0.5, 0.6) is 0 Å². The standard InChI is InChI=1S/C14H19N3O6S/c1-16(24(21,22)17-6-8-23-9-7-17)10-13(18)15-12-5-3-2-4-11(12)14(19)20/h2-5H,6-10H2,1H3,(H,15,18)(H,19,20). The van der Waals surface area contributed by atoms with Crippen LogP contribution >= 0.6 is 0 Å². The number of hydrogen-bond donors (Lipinski definition) is 2. The molecule has 1 aliphatic rings. The van der Waals surface area contributed by atoms with E-state index in [0.717, 1.165) is 4.31 Å². The van der Waals surface area contributed by atoms with Crippen LogP contribution in [-0.4, -0.2) is 73.9 Å². The van der Waals surface area contributed by atoms with Crippen LogP contribution in [0.3, 0.4) is 0 Å². The normalized spacial score (nSPS) is 16.1. The van der Waals surface area contributed by atoms with Crippen molar-refractivity contribution in [2.75, 3.05) is 45.2 Å². The average molecular weight is 357 g/mol. The van der Waals surface area contributed by atoms with Gasteiger partial charge in [0, 0.05) is 20.1 Å². The highest BCUT2D eigenvalue weighted by molar-refractivity contribution is 7.86. The first-order valence-corrected chi connectivity index (χ1v) is 8.63. The van der Waals surface area contributed by atoms with E-state index in [4.69, 9.17) is 9.84 Å². The zero-order valence-electron chi connectivity index (χ0n) is 13.1. The van der Waals surface area contributed by atoms with Gasteiger partial charge in [0.05, 0.1) is 31.0 Å². The summed E-state index contributed by atoms with van der Waals surface area (Å²) in [5.74, 6) is -1.80. The molecule has 24 heavy (non-hydrogen) atoms. The molecule has 132 valence electrons. The molecule has 1 saturated heterocycles. The van der Waals surface area contributed by atoms with E-state index in [1.165, 1.54) is 29.6 Å². The Morgan fingerprint density at radius 2 is 1.92 bits per heavy atom. The molecule has 1 aromatic rings. The largest absolute Gasteiger partial charge is 0.478 e. The van der Waals surface area contributed by atoms with Crippen LogP contribution in [0.2, 0.25) is 0 Å². The van der Waals surface area contributed by atoms with E-state index in [1.54, 1.807) is 6.07 Å². The predicted octanol–water partition coefficient (Wildman–Crippen LogP) is -0.168. The third-order valence-corrected chi connectivity index (χ3v) is 5.42. The number of ether oxygens (including phenoxy) is 1. The maximum absolute atomic E-state index is 12.4. The zero-order chi connectivity index (χ0) is 17.7. The lowest BCUT2D eigenvalue weighted by Crippen LogP contribution is -2.49. The van der Waals surface area contributed by atoms with Gasteiger partial charge in [-0.2, -0.15) is 17.0 Å². The minimum atomic E-state index is -3.77. The molecule has 1 amide bonds. The molecule has 1 fully saturated rings.